The van der Waals surface area contributed by atoms with Gasteiger partial charge in [0.2, 0.25) is 0 Å². The SMILES string of the molecule is Cc1c(F)ccc2[nH]c(-c3ccc(OCCCC4CCN(C)CC4)cc3CN(C)C)nc12. The van der Waals surface area contributed by atoms with E-state index in [1.807, 2.05) is 6.07 Å². The number of H-pyrrole nitrogens is 1. The lowest BCUT2D eigenvalue weighted by Gasteiger charge is -2.28. The van der Waals surface area contributed by atoms with Crippen LogP contribution in [0.1, 0.15) is 36.8 Å². The van der Waals surface area contributed by atoms with Crippen LogP contribution in [0, 0.1) is 18.7 Å². The third-order valence-corrected chi connectivity index (χ3v) is 6.52. The van der Waals surface area contributed by atoms with Gasteiger partial charge < -0.3 is 19.5 Å². The largest absolute Gasteiger partial charge is 0.494 e. The number of aromatic nitrogens is 2. The molecule has 0 spiro atoms. The molecule has 6 heteroatoms. The molecule has 2 aromatic carbocycles. The number of nitrogens with zero attached hydrogens (tertiary/aromatic N) is 3. The lowest BCUT2D eigenvalue weighted by Crippen LogP contribution is -2.30. The molecule has 1 saturated heterocycles. The molecular formula is C26H35FN4O. The number of benzene rings is 2. The van der Waals surface area contributed by atoms with Gasteiger partial charge in [-0.1, -0.05) is 0 Å². The van der Waals surface area contributed by atoms with E-state index in [2.05, 4.69) is 48.1 Å². The Morgan fingerprint density at radius 3 is 2.72 bits per heavy atom. The number of hydrogen-bond donors (Lipinski definition) is 1. The second-order valence-electron chi connectivity index (χ2n) is 9.45. The summed E-state index contributed by atoms with van der Waals surface area (Å²) in [4.78, 5) is 12.6. The first-order valence-corrected chi connectivity index (χ1v) is 11.6. The maximum absolute atomic E-state index is 14.0. The fourth-order valence-electron chi connectivity index (χ4n) is 4.59. The van der Waals surface area contributed by atoms with Crippen molar-refractivity contribution in [3.63, 3.8) is 0 Å². The van der Waals surface area contributed by atoms with E-state index >= 15 is 0 Å². The minimum Gasteiger partial charge on any atom is -0.494 e. The molecule has 3 aromatic rings. The highest BCUT2D eigenvalue weighted by molar-refractivity contribution is 5.83. The third-order valence-electron chi connectivity index (χ3n) is 6.52. The van der Waals surface area contributed by atoms with E-state index in [0.717, 1.165) is 53.7 Å². The summed E-state index contributed by atoms with van der Waals surface area (Å²) < 4.78 is 20.1. The molecule has 0 unspecified atom stereocenters. The number of rotatable bonds is 8. The van der Waals surface area contributed by atoms with Crippen LogP contribution in [0.5, 0.6) is 5.75 Å². The molecular weight excluding hydrogens is 403 g/mol. The molecule has 1 aliphatic rings. The summed E-state index contributed by atoms with van der Waals surface area (Å²) in [5.41, 5.74) is 4.27. The molecule has 4 rings (SSSR count). The van der Waals surface area contributed by atoms with Crippen molar-refractivity contribution >= 4 is 11.0 Å². The number of likely N-dealkylation sites (tertiary alicyclic amines) is 1. The van der Waals surface area contributed by atoms with Crippen molar-refractivity contribution in [3.05, 3.63) is 47.3 Å². The molecule has 2 heterocycles. The van der Waals surface area contributed by atoms with E-state index in [0.29, 0.717) is 11.1 Å². The van der Waals surface area contributed by atoms with Gasteiger partial charge in [0.05, 0.1) is 17.6 Å². The van der Waals surface area contributed by atoms with Gasteiger partial charge in [-0.2, -0.15) is 0 Å². The zero-order chi connectivity index (χ0) is 22.7. The molecule has 0 atom stereocenters. The van der Waals surface area contributed by atoms with Crippen molar-refractivity contribution in [1.29, 1.82) is 0 Å². The fourth-order valence-corrected chi connectivity index (χ4v) is 4.59. The number of nitrogens with one attached hydrogen (secondary N) is 1. The molecule has 5 nitrogen and oxygen atoms in total. The first-order valence-electron chi connectivity index (χ1n) is 11.6. The maximum atomic E-state index is 14.0. The highest BCUT2D eigenvalue weighted by Crippen LogP contribution is 2.30. The highest BCUT2D eigenvalue weighted by Gasteiger charge is 2.17. The van der Waals surface area contributed by atoms with E-state index in [1.165, 1.54) is 38.4 Å². The highest BCUT2D eigenvalue weighted by atomic mass is 19.1. The Kier molecular flexibility index (Phi) is 7.11. The van der Waals surface area contributed by atoms with Crippen LogP contribution >= 0.6 is 0 Å². The number of piperidine rings is 1. The van der Waals surface area contributed by atoms with Crippen molar-refractivity contribution < 1.29 is 9.13 Å². The average Bonchev–Trinajstić information content (AvgIpc) is 3.20. The predicted molar refractivity (Wildman–Crippen MR) is 129 cm³/mol. The summed E-state index contributed by atoms with van der Waals surface area (Å²) in [6, 6.07) is 9.44. The normalized spacial score (nSPS) is 15.7. The summed E-state index contributed by atoms with van der Waals surface area (Å²) in [6.45, 7) is 5.72. The minimum absolute atomic E-state index is 0.229. The van der Waals surface area contributed by atoms with E-state index in [9.17, 15) is 4.39 Å². The predicted octanol–water partition coefficient (Wildman–Crippen LogP) is 5.24. The number of hydrogen-bond acceptors (Lipinski definition) is 4. The third kappa shape index (κ3) is 5.30. The Morgan fingerprint density at radius 2 is 1.97 bits per heavy atom. The number of halogens is 1. The van der Waals surface area contributed by atoms with Gasteiger partial charge in [0.25, 0.3) is 0 Å². The second-order valence-corrected chi connectivity index (χ2v) is 9.45. The van der Waals surface area contributed by atoms with Crippen LogP contribution in [0.3, 0.4) is 0 Å². The van der Waals surface area contributed by atoms with Gasteiger partial charge in [0.15, 0.2) is 0 Å². The number of ether oxygens (including phenoxy) is 1. The number of fused-ring (bicyclic) bond motifs is 1. The van der Waals surface area contributed by atoms with Gasteiger partial charge in [-0.3, -0.25) is 0 Å². The van der Waals surface area contributed by atoms with Gasteiger partial charge in [0.1, 0.15) is 17.4 Å². The fraction of sp³-hybridized carbons (Fsp3) is 0.500. The van der Waals surface area contributed by atoms with Crippen LogP contribution in [0.25, 0.3) is 22.4 Å². The number of aryl methyl sites for hydroxylation is 1. The van der Waals surface area contributed by atoms with Crippen LogP contribution in [-0.4, -0.2) is 60.6 Å². The molecule has 1 N–H and O–H groups in total. The van der Waals surface area contributed by atoms with E-state index in [4.69, 9.17) is 9.72 Å². The van der Waals surface area contributed by atoms with Crippen LogP contribution in [0.2, 0.25) is 0 Å². The molecule has 172 valence electrons. The van der Waals surface area contributed by atoms with Crippen molar-refractivity contribution in [2.75, 3.05) is 40.8 Å². The van der Waals surface area contributed by atoms with Crippen molar-refractivity contribution in [2.24, 2.45) is 5.92 Å². The zero-order valence-electron chi connectivity index (χ0n) is 19.7. The van der Waals surface area contributed by atoms with Gasteiger partial charge in [-0.05, 0) is 109 Å². The van der Waals surface area contributed by atoms with Crippen LogP contribution in [0.4, 0.5) is 4.39 Å². The summed E-state index contributed by atoms with van der Waals surface area (Å²) in [5, 5.41) is 0. The first-order chi connectivity index (χ1) is 15.4. The molecule has 32 heavy (non-hydrogen) atoms. The van der Waals surface area contributed by atoms with Crippen LogP contribution in [0.15, 0.2) is 30.3 Å². The van der Waals surface area contributed by atoms with Crippen molar-refractivity contribution in [2.45, 2.75) is 39.2 Å². The lowest BCUT2D eigenvalue weighted by atomic mass is 9.93. The second kappa shape index (κ2) is 10.0. The summed E-state index contributed by atoms with van der Waals surface area (Å²) in [7, 11) is 6.31. The smallest absolute Gasteiger partial charge is 0.138 e. The van der Waals surface area contributed by atoms with E-state index in [-0.39, 0.29) is 5.82 Å². The Morgan fingerprint density at radius 1 is 1.19 bits per heavy atom. The lowest BCUT2D eigenvalue weighted by molar-refractivity contribution is 0.200. The molecule has 1 aromatic heterocycles. The molecule has 0 saturated carbocycles. The van der Waals surface area contributed by atoms with Crippen LogP contribution < -0.4 is 4.74 Å². The summed E-state index contributed by atoms with van der Waals surface area (Å²) in [6.07, 6.45) is 4.94. The molecule has 0 amide bonds. The van der Waals surface area contributed by atoms with Crippen molar-refractivity contribution in [3.8, 4) is 17.1 Å². The molecule has 1 fully saturated rings. The molecule has 0 aliphatic carbocycles. The van der Waals surface area contributed by atoms with E-state index < -0.39 is 0 Å². The van der Waals surface area contributed by atoms with Crippen LogP contribution in [-0.2, 0) is 6.54 Å². The Bertz CT molecular complexity index is 1050. The first kappa shape index (κ1) is 22.7. The minimum atomic E-state index is -0.229. The quantitative estimate of drug-likeness (QED) is 0.489. The monoisotopic (exact) mass is 438 g/mol. The Balaban J connectivity index is 1.46. The topological polar surface area (TPSA) is 44.4 Å². The molecule has 1 aliphatic heterocycles. The van der Waals surface area contributed by atoms with Gasteiger partial charge in [-0.25, -0.2) is 9.37 Å². The van der Waals surface area contributed by atoms with Gasteiger partial charge >= 0.3 is 0 Å². The van der Waals surface area contributed by atoms with Gasteiger partial charge in [-0.15, -0.1) is 0 Å². The van der Waals surface area contributed by atoms with Crippen molar-refractivity contribution in [1.82, 2.24) is 19.8 Å². The zero-order valence-corrected chi connectivity index (χ0v) is 19.7. The van der Waals surface area contributed by atoms with Gasteiger partial charge in [0, 0.05) is 17.7 Å². The summed E-state index contributed by atoms with van der Waals surface area (Å²) in [5.74, 6) is 2.27. The maximum Gasteiger partial charge on any atom is 0.138 e. The standard InChI is InChI=1S/C26H35FN4O/c1-18-23(27)9-10-24-25(18)29-26(28-24)22-8-7-21(16-20(22)17-30(2)3)32-15-5-6-19-11-13-31(4)14-12-19/h7-10,16,19H,5-6,11-15,17H2,1-4H3,(H,28,29). The molecule has 0 radical (unpaired) electrons. The average molecular weight is 439 g/mol. The Labute approximate surface area is 190 Å². The molecule has 0 bridgehead atoms. The number of aromatic amines is 1. The number of imidazole rings is 1. The summed E-state index contributed by atoms with van der Waals surface area (Å²) >= 11 is 0. The Hall–Kier alpha value is -2.44. The van der Waals surface area contributed by atoms with E-state index in [1.54, 1.807) is 13.0 Å².